The highest BCUT2D eigenvalue weighted by atomic mass is 35.5. The van der Waals surface area contributed by atoms with Crippen LogP contribution in [0.25, 0.3) is 0 Å². The maximum absolute atomic E-state index is 13.2. The third-order valence-corrected chi connectivity index (χ3v) is 7.83. The van der Waals surface area contributed by atoms with Crippen molar-refractivity contribution in [2.45, 2.75) is 25.2 Å². The van der Waals surface area contributed by atoms with Crippen LogP contribution in [-0.4, -0.2) is 64.1 Å². The number of likely N-dealkylation sites (N-methyl/N-ethyl adjacent to an activating group) is 1. The molecule has 146 valence electrons. The van der Waals surface area contributed by atoms with Crippen LogP contribution in [0.15, 0.2) is 18.2 Å². The number of hydrogen-bond donors (Lipinski definition) is 1. The Morgan fingerprint density at radius 3 is 2.89 bits per heavy atom. The number of hydrogen-bond acceptors (Lipinski definition) is 4. The second kappa shape index (κ2) is 5.57. The summed E-state index contributed by atoms with van der Waals surface area (Å²) in [5, 5.41) is 8.26. The third kappa shape index (κ3) is 2.22. The molecule has 2 aliphatic heterocycles. The number of benzene rings is 1. The molecule has 1 aromatic heterocycles. The van der Waals surface area contributed by atoms with E-state index in [-0.39, 0.29) is 11.3 Å². The number of aryl methyl sites for hydroxylation is 1. The molecule has 0 bridgehead atoms. The van der Waals surface area contributed by atoms with Gasteiger partial charge in [0, 0.05) is 54.4 Å². The van der Waals surface area contributed by atoms with Crippen molar-refractivity contribution < 1.29 is 4.79 Å². The monoisotopic (exact) mass is 397 g/mol. The van der Waals surface area contributed by atoms with Gasteiger partial charge in [-0.25, -0.2) is 4.98 Å². The van der Waals surface area contributed by atoms with Crippen molar-refractivity contribution >= 4 is 17.5 Å². The van der Waals surface area contributed by atoms with Crippen molar-refractivity contribution in [2.75, 3.05) is 33.2 Å². The molecule has 28 heavy (non-hydrogen) atoms. The zero-order valence-electron chi connectivity index (χ0n) is 16.2. The van der Waals surface area contributed by atoms with Gasteiger partial charge in [0.05, 0.1) is 0 Å². The summed E-state index contributed by atoms with van der Waals surface area (Å²) in [5.41, 5.74) is 2.67. The minimum absolute atomic E-state index is 0.101. The molecular weight excluding hydrogens is 374 g/mol. The Labute approximate surface area is 169 Å². The lowest BCUT2D eigenvalue weighted by Crippen LogP contribution is -2.62. The fourth-order valence-corrected chi connectivity index (χ4v) is 6.48. The van der Waals surface area contributed by atoms with E-state index in [1.54, 1.807) is 0 Å². The summed E-state index contributed by atoms with van der Waals surface area (Å²) in [6, 6.07) is 6.13. The van der Waals surface area contributed by atoms with Gasteiger partial charge in [-0.15, -0.1) is 0 Å². The average Bonchev–Trinajstić information content (AvgIpc) is 2.95. The maximum atomic E-state index is 13.2. The van der Waals surface area contributed by atoms with E-state index in [0.29, 0.717) is 23.7 Å². The molecule has 7 heteroatoms. The Bertz CT molecular complexity index is 981. The van der Waals surface area contributed by atoms with E-state index in [1.807, 2.05) is 19.1 Å². The highest BCUT2D eigenvalue weighted by Crippen LogP contribution is 2.63. The van der Waals surface area contributed by atoms with Gasteiger partial charge < -0.3 is 9.80 Å². The summed E-state index contributed by atoms with van der Waals surface area (Å²) in [4.78, 5) is 22.2. The molecule has 6 rings (SSSR count). The normalized spacial score (nSPS) is 32.3. The summed E-state index contributed by atoms with van der Waals surface area (Å²) in [6.07, 6.45) is 0.955. The Morgan fingerprint density at radius 1 is 1.32 bits per heavy atom. The van der Waals surface area contributed by atoms with E-state index in [2.05, 4.69) is 38.1 Å². The number of nitrogens with one attached hydrogen (secondary N) is 1. The Hall–Kier alpha value is -1.92. The van der Waals surface area contributed by atoms with E-state index >= 15 is 0 Å². The molecule has 3 heterocycles. The van der Waals surface area contributed by atoms with Crippen molar-refractivity contribution in [3.8, 4) is 0 Å². The molecule has 2 saturated heterocycles. The zero-order chi connectivity index (χ0) is 19.2. The number of aromatic amines is 1. The Kier molecular flexibility index (Phi) is 3.38. The molecule has 2 aromatic rings. The van der Waals surface area contributed by atoms with Gasteiger partial charge in [0.15, 0.2) is 5.82 Å². The molecule has 3 fully saturated rings. The first-order valence-corrected chi connectivity index (χ1v) is 10.5. The number of fused-ring (bicyclic) bond motifs is 3. The van der Waals surface area contributed by atoms with Crippen LogP contribution in [0.1, 0.15) is 34.6 Å². The second-order valence-electron chi connectivity index (χ2n) is 9.31. The van der Waals surface area contributed by atoms with E-state index < -0.39 is 0 Å². The minimum Gasteiger partial charge on any atom is -0.341 e. The number of H-pyrrole nitrogens is 1. The van der Waals surface area contributed by atoms with Crippen LogP contribution in [0.4, 0.5) is 0 Å². The number of likely N-dealkylation sites (tertiary alicyclic amines) is 2. The molecule has 0 radical (unpaired) electrons. The summed E-state index contributed by atoms with van der Waals surface area (Å²) in [6.45, 7) is 5.55. The molecule has 4 aliphatic rings. The number of aromatic nitrogens is 3. The van der Waals surface area contributed by atoms with E-state index in [0.717, 1.165) is 49.3 Å². The van der Waals surface area contributed by atoms with Crippen LogP contribution >= 0.6 is 11.6 Å². The van der Waals surface area contributed by atoms with Crippen molar-refractivity contribution in [3.05, 3.63) is 46.0 Å². The fraction of sp³-hybridized carbons (Fsp3) is 0.571. The molecule has 4 atom stereocenters. The number of halogens is 1. The summed E-state index contributed by atoms with van der Waals surface area (Å²) < 4.78 is 0. The molecule has 6 nitrogen and oxygen atoms in total. The van der Waals surface area contributed by atoms with Crippen LogP contribution < -0.4 is 0 Å². The van der Waals surface area contributed by atoms with E-state index in [4.69, 9.17) is 11.6 Å². The minimum atomic E-state index is 0.101. The number of carbonyl (C=O) groups excluding carboxylic acids is 1. The van der Waals surface area contributed by atoms with Crippen molar-refractivity contribution in [2.24, 2.45) is 17.3 Å². The molecule has 1 aromatic carbocycles. The molecule has 1 saturated carbocycles. The molecule has 2 aliphatic carbocycles. The smallest absolute Gasteiger partial charge is 0.226 e. The standard InChI is InChI=1S/C21H24ClN5O/c1-11-23-19(25-24-11)15-7-26(2)8-21(15)9-27(10-21)20(28)18-14-6-13-12(17(14)18)4-3-5-16(13)22/h3-5,14-15,17-18H,6-10H2,1-2H3,(H,23,24,25). The van der Waals surface area contributed by atoms with Gasteiger partial charge in [0.25, 0.3) is 0 Å². The van der Waals surface area contributed by atoms with Gasteiger partial charge in [-0.05, 0) is 43.5 Å². The topological polar surface area (TPSA) is 65.1 Å². The quantitative estimate of drug-likeness (QED) is 0.843. The summed E-state index contributed by atoms with van der Waals surface area (Å²) in [7, 11) is 2.15. The first-order valence-electron chi connectivity index (χ1n) is 10.1. The molecule has 1 spiro atoms. The van der Waals surface area contributed by atoms with Gasteiger partial charge in [-0.1, -0.05) is 23.7 Å². The van der Waals surface area contributed by atoms with Crippen LogP contribution in [0.5, 0.6) is 0 Å². The lowest BCUT2D eigenvalue weighted by molar-refractivity contribution is -0.145. The first kappa shape index (κ1) is 17.0. The molecule has 4 unspecified atom stereocenters. The van der Waals surface area contributed by atoms with Crippen molar-refractivity contribution in [1.29, 1.82) is 0 Å². The molecular formula is C21H24ClN5O. The fourth-order valence-electron chi connectivity index (χ4n) is 6.22. The lowest BCUT2D eigenvalue weighted by Gasteiger charge is -2.50. The first-order chi connectivity index (χ1) is 13.5. The van der Waals surface area contributed by atoms with Crippen LogP contribution in [0.2, 0.25) is 5.02 Å². The highest BCUT2D eigenvalue weighted by molar-refractivity contribution is 6.31. The van der Waals surface area contributed by atoms with Crippen LogP contribution in [-0.2, 0) is 11.2 Å². The van der Waals surface area contributed by atoms with Gasteiger partial charge in [-0.3, -0.25) is 9.89 Å². The van der Waals surface area contributed by atoms with Crippen molar-refractivity contribution in [3.63, 3.8) is 0 Å². The predicted molar refractivity (Wildman–Crippen MR) is 105 cm³/mol. The SMILES string of the molecule is Cc1nc(C2CN(C)CC23CN(C(=O)C2C4Cc5c(Cl)cccc5C42)C3)n[nH]1. The average molecular weight is 398 g/mol. The Morgan fingerprint density at radius 2 is 2.14 bits per heavy atom. The van der Waals surface area contributed by atoms with Crippen molar-refractivity contribution in [1.82, 2.24) is 25.0 Å². The van der Waals surface area contributed by atoms with Crippen LogP contribution in [0, 0.1) is 24.2 Å². The maximum Gasteiger partial charge on any atom is 0.226 e. The number of rotatable bonds is 2. The summed E-state index contributed by atoms with van der Waals surface area (Å²) >= 11 is 6.34. The van der Waals surface area contributed by atoms with Gasteiger partial charge in [-0.2, -0.15) is 5.10 Å². The van der Waals surface area contributed by atoms with Crippen LogP contribution in [0.3, 0.4) is 0 Å². The van der Waals surface area contributed by atoms with Gasteiger partial charge in [0.1, 0.15) is 5.82 Å². The lowest BCUT2D eigenvalue weighted by atomic mass is 9.71. The molecule has 1 N–H and O–H groups in total. The number of carbonyl (C=O) groups is 1. The van der Waals surface area contributed by atoms with E-state index in [9.17, 15) is 4.79 Å². The number of nitrogens with zero attached hydrogens (tertiary/aromatic N) is 4. The summed E-state index contributed by atoms with van der Waals surface area (Å²) in [5.74, 6) is 3.39. The third-order valence-electron chi connectivity index (χ3n) is 7.48. The van der Waals surface area contributed by atoms with E-state index in [1.165, 1.54) is 11.1 Å². The highest BCUT2D eigenvalue weighted by Gasteiger charge is 2.64. The predicted octanol–water partition coefficient (Wildman–Crippen LogP) is 2.21. The van der Waals surface area contributed by atoms with Gasteiger partial charge >= 0.3 is 0 Å². The molecule has 1 amide bonds. The van der Waals surface area contributed by atoms with Gasteiger partial charge in [0.2, 0.25) is 5.91 Å². The zero-order valence-corrected chi connectivity index (χ0v) is 16.9. The second-order valence-corrected chi connectivity index (χ2v) is 9.72. The largest absolute Gasteiger partial charge is 0.341 e. The Balaban J connectivity index is 1.18. The number of amides is 1.